The van der Waals surface area contributed by atoms with Crippen LogP contribution in [0.15, 0.2) is 22.8 Å². The topological polar surface area (TPSA) is 24.9 Å². The van der Waals surface area contributed by atoms with E-state index in [-0.39, 0.29) is 0 Å². The lowest BCUT2D eigenvalue weighted by Gasteiger charge is -2.37. The summed E-state index contributed by atoms with van der Waals surface area (Å²) in [7, 11) is 0. The number of halogens is 1. The Bertz CT molecular complexity index is 355. The van der Waals surface area contributed by atoms with Gasteiger partial charge >= 0.3 is 0 Å². The van der Waals surface area contributed by atoms with Crippen LogP contribution >= 0.6 is 15.9 Å². The zero-order valence-corrected chi connectivity index (χ0v) is 12.8. The maximum absolute atomic E-state index is 4.55. The van der Waals surface area contributed by atoms with Crippen LogP contribution in [0.25, 0.3) is 0 Å². The lowest BCUT2D eigenvalue weighted by atomic mass is 9.71. The summed E-state index contributed by atoms with van der Waals surface area (Å²) in [6.45, 7) is 4.39. The zero-order valence-electron chi connectivity index (χ0n) is 11.2. The molecule has 18 heavy (non-hydrogen) atoms. The Hall–Kier alpha value is -0.410. The number of rotatable bonds is 5. The number of aromatic nitrogens is 1. The minimum absolute atomic E-state index is 0.440. The van der Waals surface area contributed by atoms with Gasteiger partial charge in [0.2, 0.25) is 0 Å². The second-order valence-corrected chi connectivity index (χ2v) is 6.40. The first-order valence-corrected chi connectivity index (χ1v) is 7.85. The zero-order chi connectivity index (χ0) is 12.8. The van der Waals surface area contributed by atoms with Gasteiger partial charge in [-0.25, -0.2) is 0 Å². The predicted octanol–water partition coefficient (Wildman–Crippen LogP) is 3.95. The number of hydrogen-bond acceptors (Lipinski definition) is 2. The summed E-state index contributed by atoms with van der Waals surface area (Å²) in [6, 6.07) is 4.26. The van der Waals surface area contributed by atoms with Crippen molar-refractivity contribution < 1.29 is 0 Å². The molecule has 0 aromatic carbocycles. The van der Waals surface area contributed by atoms with E-state index in [9.17, 15) is 0 Å². The maximum Gasteiger partial charge on any atom is 0.0413 e. The first kappa shape index (κ1) is 14.0. The highest BCUT2D eigenvalue weighted by atomic mass is 79.9. The van der Waals surface area contributed by atoms with Crippen molar-refractivity contribution in [1.29, 1.82) is 0 Å². The van der Waals surface area contributed by atoms with Crippen molar-refractivity contribution in [3.8, 4) is 0 Å². The molecule has 1 aromatic rings. The van der Waals surface area contributed by atoms with E-state index in [1.54, 1.807) is 0 Å². The summed E-state index contributed by atoms with van der Waals surface area (Å²) < 4.78 is 1.07. The van der Waals surface area contributed by atoms with Gasteiger partial charge in [0.1, 0.15) is 0 Å². The Morgan fingerprint density at radius 2 is 2.06 bits per heavy atom. The van der Waals surface area contributed by atoms with Crippen LogP contribution < -0.4 is 5.32 Å². The van der Waals surface area contributed by atoms with Crippen molar-refractivity contribution >= 4 is 15.9 Å². The Kier molecular flexibility index (Phi) is 5.19. The van der Waals surface area contributed by atoms with Gasteiger partial charge in [-0.2, -0.15) is 0 Å². The van der Waals surface area contributed by atoms with E-state index in [2.05, 4.69) is 45.3 Å². The molecular weight excluding hydrogens is 288 g/mol. The number of pyridine rings is 1. The first-order valence-electron chi connectivity index (χ1n) is 7.05. The third-order valence-corrected chi connectivity index (χ3v) is 4.48. The van der Waals surface area contributed by atoms with Crippen molar-refractivity contribution in [3.05, 3.63) is 28.5 Å². The molecule has 1 aliphatic rings. The smallest absolute Gasteiger partial charge is 0.0413 e. The molecule has 1 aliphatic carbocycles. The van der Waals surface area contributed by atoms with Gasteiger partial charge in [0.25, 0.3) is 0 Å². The van der Waals surface area contributed by atoms with Crippen LogP contribution in [0, 0.1) is 5.41 Å². The molecule has 0 radical (unpaired) electrons. The van der Waals surface area contributed by atoms with Gasteiger partial charge in [0.05, 0.1) is 0 Å². The van der Waals surface area contributed by atoms with Crippen LogP contribution in [0.1, 0.15) is 44.7 Å². The summed E-state index contributed by atoms with van der Waals surface area (Å²) in [6.07, 6.45) is 9.88. The van der Waals surface area contributed by atoms with E-state index in [4.69, 9.17) is 0 Å². The molecule has 0 amide bonds. The third-order valence-electron chi connectivity index (χ3n) is 4.01. The van der Waals surface area contributed by atoms with Crippen LogP contribution in [0.2, 0.25) is 0 Å². The SMILES string of the molecule is CCNCC1(Cc2ccc(Br)cn2)CCCCC1. The van der Waals surface area contributed by atoms with Crippen molar-refractivity contribution in [2.45, 2.75) is 45.4 Å². The normalized spacial score (nSPS) is 18.8. The largest absolute Gasteiger partial charge is 0.316 e. The van der Waals surface area contributed by atoms with Crippen LogP contribution in [0.4, 0.5) is 0 Å². The minimum atomic E-state index is 0.440. The monoisotopic (exact) mass is 310 g/mol. The Morgan fingerprint density at radius 3 is 2.67 bits per heavy atom. The highest BCUT2D eigenvalue weighted by Gasteiger charge is 2.32. The molecule has 100 valence electrons. The first-order chi connectivity index (χ1) is 8.74. The van der Waals surface area contributed by atoms with Crippen molar-refractivity contribution in [1.82, 2.24) is 10.3 Å². The summed E-state index contributed by atoms with van der Waals surface area (Å²) in [5.74, 6) is 0. The molecule has 0 unspecified atom stereocenters. The van der Waals surface area contributed by atoms with Crippen LogP contribution in [0.3, 0.4) is 0 Å². The average Bonchev–Trinajstić information content (AvgIpc) is 2.40. The van der Waals surface area contributed by atoms with Crippen LogP contribution in [0.5, 0.6) is 0 Å². The molecule has 0 aliphatic heterocycles. The van der Waals surface area contributed by atoms with Crippen molar-refractivity contribution in [2.24, 2.45) is 5.41 Å². The van der Waals surface area contributed by atoms with E-state index >= 15 is 0 Å². The van der Waals surface area contributed by atoms with Gasteiger partial charge in [0.15, 0.2) is 0 Å². The number of nitrogens with zero attached hydrogens (tertiary/aromatic N) is 1. The fourth-order valence-corrected chi connectivity index (χ4v) is 3.24. The van der Waals surface area contributed by atoms with Gasteiger partial charge in [-0.1, -0.05) is 26.2 Å². The number of hydrogen-bond donors (Lipinski definition) is 1. The summed E-state index contributed by atoms with van der Waals surface area (Å²) in [5, 5.41) is 3.55. The molecule has 1 heterocycles. The van der Waals surface area contributed by atoms with E-state index in [1.165, 1.54) is 37.8 Å². The molecule has 0 atom stereocenters. The minimum Gasteiger partial charge on any atom is -0.316 e. The summed E-state index contributed by atoms with van der Waals surface area (Å²) >= 11 is 3.45. The van der Waals surface area contributed by atoms with Crippen LogP contribution in [-0.2, 0) is 6.42 Å². The fourth-order valence-electron chi connectivity index (χ4n) is 3.00. The lowest BCUT2D eigenvalue weighted by molar-refractivity contribution is 0.180. The standard InChI is InChI=1S/C15H23BrN2/c1-2-17-12-15(8-4-3-5-9-15)10-14-7-6-13(16)11-18-14/h6-7,11,17H,2-5,8-10,12H2,1H3. The second-order valence-electron chi connectivity index (χ2n) is 5.49. The Morgan fingerprint density at radius 1 is 1.28 bits per heavy atom. The molecule has 3 heteroatoms. The van der Waals surface area contributed by atoms with Gasteiger partial charge in [-0.05, 0) is 59.3 Å². The van der Waals surface area contributed by atoms with Gasteiger partial charge in [0, 0.05) is 22.9 Å². The Labute approximate surface area is 119 Å². The third kappa shape index (κ3) is 3.79. The molecule has 1 N–H and O–H groups in total. The summed E-state index contributed by atoms with van der Waals surface area (Å²) in [5.41, 5.74) is 1.67. The fraction of sp³-hybridized carbons (Fsp3) is 0.667. The predicted molar refractivity (Wildman–Crippen MR) is 79.7 cm³/mol. The molecule has 1 fully saturated rings. The van der Waals surface area contributed by atoms with E-state index < -0.39 is 0 Å². The van der Waals surface area contributed by atoms with Gasteiger partial charge < -0.3 is 5.32 Å². The average molecular weight is 311 g/mol. The van der Waals surface area contributed by atoms with Gasteiger partial charge in [-0.15, -0.1) is 0 Å². The van der Waals surface area contributed by atoms with Crippen molar-refractivity contribution in [2.75, 3.05) is 13.1 Å². The maximum atomic E-state index is 4.55. The molecule has 1 aromatic heterocycles. The molecule has 0 saturated heterocycles. The van der Waals surface area contributed by atoms with E-state index in [1.807, 2.05) is 6.20 Å². The quantitative estimate of drug-likeness (QED) is 0.891. The molecule has 2 nitrogen and oxygen atoms in total. The number of nitrogens with one attached hydrogen (secondary N) is 1. The molecule has 2 rings (SSSR count). The van der Waals surface area contributed by atoms with E-state index in [0.717, 1.165) is 24.0 Å². The Balaban J connectivity index is 2.06. The molecule has 0 bridgehead atoms. The molecular formula is C15H23BrN2. The highest BCUT2D eigenvalue weighted by Crippen LogP contribution is 2.38. The van der Waals surface area contributed by atoms with E-state index in [0.29, 0.717) is 5.41 Å². The molecule has 0 spiro atoms. The summed E-state index contributed by atoms with van der Waals surface area (Å²) in [4.78, 5) is 4.55. The lowest BCUT2D eigenvalue weighted by Crippen LogP contribution is -2.38. The highest BCUT2D eigenvalue weighted by molar-refractivity contribution is 9.10. The van der Waals surface area contributed by atoms with Crippen LogP contribution in [-0.4, -0.2) is 18.1 Å². The molecule has 1 saturated carbocycles. The second kappa shape index (κ2) is 6.67. The van der Waals surface area contributed by atoms with Gasteiger partial charge in [-0.3, -0.25) is 4.98 Å². The van der Waals surface area contributed by atoms with Crippen molar-refractivity contribution in [3.63, 3.8) is 0 Å².